The van der Waals surface area contributed by atoms with E-state index in [1.165, 1.54) is 32.2 Å². The largest absolute Gasteiger partial charge is 0.380 e. The quantitative estimate of drug-likeness (QED) is 0.708. The monoisotopic (exact) mass is 242 g/mol. The smallest absolute Gasteiger partial charge is 0.0622 e. The Labute approximate surface area is 107 Å². The summed E-state index contributed by atoms with van der Waals surface area (Å²) in [5.74, 6) is 1.56. The molecular formula is C14H30N2O. The highest BCUT2D eigenvalue weighted by Crippen LogP contribution is 2.21. The second-order valence-electron chi connectivity index (χ2n) is 5.72. The van der Waals surface area contributed by atoms with Crippen LogP contribution in [0.1, 0.15) is 39.5 Å². The summed E-state index contributed by atoms with van der Waals surface area (Å²) in [4.78, 5) is 2.47. The summed E-state index contributed by atoms with van der Waals surface area (Å²) in [5, 5.41) is 0. The predicted octanol–water partition coefficient (Wildman–Crippen LogP) is 2.11. The van der Waals surface area contributed by atoms with Crippen LogP contribution in [0, 0.1) is 11.8 Å². The maximum Gasteiger partial charge on any atom is 0.0622 e. The number of ether oxygens (including phenoxy) is 1. The zero-order valence-corrected chi connectivity index (χ0v) is 11.8. The summed E-state index contributed by atoms with van der Waals surface area (Å²) in [6, 6.07) is 0.655. The van der Waals surface area contributed by atoms with E-state index in [1.54, 1.807) is 0 Å². The summed E-state index contributed by atoms with van der Waals surface area (Å²) < 4.78 is 5.42. The number of nitrogens with zero attached hydrogens (tertiary/aromatic N) is 1. The van der Waals surface area contributed by atoms with Crippen LogP contribution in [0.3, 0.4) is 0 Å². The third-order valence-corrected chi connectivity index (χ3v) is 4.09. The first kappa shape index (κ1) is 14.9. The number of nitrogens with two attached hydrogens (primary N) is 1. The highest BCUT2D eigenvalue weighted by Gasteiger charge is 2.20. The van der Waals surface area contributed by atoms with Gasteiger partial charge in [0.15, 0.2) is 0 Å². The maximum absolute atomic E-state index is 5.67. The molecule has 2 atom stereocenters. The first-order valence-corrected chi connectivity index (χ1v) is 7.13. The molecule has 2 N–H and O–H groups in total. The van der Waals surface area contributed by atoms with E-state index in [0.29, 0.717) is 6.04 Å². The van der Waals surface area contributed by atoms with Crippen molar-refractivity contribution in [2.24, 2.45) is 17.6 Å². The summed E-state index contributed by atoms with van der Waals surface area (Å²) in [5.41, 5.74) is 5.67. The van der Waals surface area contributed by atoms with E-state index in [0.717, 1.165) is 31.6 Å². The fourth-order valence-electron chi connectivity index (χ4n) is 2.68. The Bertz CT molecular complexity index is 191. The molecule has 3 nitrogen and oxygen atoms in total. The molecule has 3 heteroatoms. The van der Waals surface area contributed by atoms with Crippen LogP contribution in [-0.4, -0.2) is 44.3 Å². The van der Waals surface area contributed by atoms with Gasteiger partial charge in [-0.3, -0.25) is 0 Å². The molecule has 0 bridgehead atoms. The maximum atomic E-state index is 5.67. The molecule has 102 valence electrons. The molecular weight excluding hydrogens is 212 g/mol. The molecule has 0 aliphatic carbocycles. The van der Waals surface area contributed by atoms with Crippen LogP contribution in [0.25, 0.3) is 0 Å². The molecule has 2 unspecified atom stereocenters. The standard InChI is InChI=1S/C14H30N2O/c1-12(2)13(6-8-15)5-4-9-16(3)14-7-10-17-11-14/h12-14H,4-11,15H2,1-3H3. The van der Waals surface area contributed by atoms with Gasteiger partial charge in [-0.25, -0.2) is 0 Å². The van der Waals surface area contributed by atoms with Crippen molar-refractivity contribution in [3.05, 3.63) is 0 Å². The molecule has 0 saturated carbocycles. The molecule has 1 heterocycles. The molecule has 1 aliphatic heterocycles. The van der Waals surface area contributed by atoms with Crippen molar-refractivity contribution >= 4 is 0 Å². The fourth-order valence-corrected chi connectivity index (χ4v) is 2.68. The summed E-state index contributed by atoms with van der Waals surface area (Å²) in [6.07, 6.45) is 4.98. The summed E-state index contributed by atoms with van der Waals surface area (Å²) in [6.45, 7) is 8.52. The molecule has 0 amide bonds. The van der Waals surface area contributed by atoms with Crippen molar-refractivity contribution in [2.75, 3.05) is 33.4 Å². The van der Waals surface area contributed by atoms with Gasteiger partial charge in [-0.05, 0) is 57.7 Å². The SMILES string of the molecule is CC(C)C(CCN)CCCN(C)C1CCOC1. The van der Waals surface area contributed by atoms with Crippen LogP contribution in [-0.2, 0) is 4.74 Å². The van der Waals surface area contributed by atoms with Gasteiger partial charge in [0, 0.05) is 12.6 Å². The minimum Gasteiger partial charge on any atom is -0.380 e. The average molecular weight is 242 g/mol. The van der Waals surface area contributed by atoms with Gasteiger partial charge in [-0.15, -0.1) is 0 Å². The van der Waals surface area contributed by atoms with Crippen molar-refractivity contribution in [3.63, 3.8) is 0 Å². The van der Waals surface area contributed by atoms with Crippen molar-refractivity contribution < 1.29 is 4.74 Å². The number of rotatable bonds is 8. The molecule has 0 aromatic carbocycles. The molecule has 0 spiro atoms. The molecule has 1 fully saturated rings. The Balaban J connectivity index is 2.16. The lowest BCUT2D eigenvalue weighted by molar-refractivity contribution is 0.156. The summed E-state index contributed by atoms with van der Waals surface area (Å²) in [7, 11) is 2.23. The van der Waals surface area contributed by atoms with E-state index < -0.39 is 0 Å². The van der Waals surface area contributed by atoms with Crippen molar-refractivity contribution in [2.45, 2.75) is 45.6 Å². The van der Waals surface area contributed by atoms with Gasteiger partial charge in [0.05, 0.1) is 6.61 Å². The highest BCUT2D eigenvalue weighted by molar-refractivity contribution is 4.73. The second-order valence-corrected chi connectivity index (χ2v) is 5.72. The van der Waals surface area contributed by atoms with Crippen LogP contribution in [0.5, 0.6) is 0 Å². The van der Waals surface area contributed by atoms with Gasteiger partial charge in [0.1, 0.15) is 0 Å². The van der Waals surface area contributed by atoms with Gasteiger partial charge in [-0.2, -0.15) is 0 Å². The van der Waals surface area contributed by atoms with Crippen molar-refractivity contribution in [3.8, 4) is 0 Å². The predicted molar refractivity (Wildman–Crippen MR) is 73.1 cm³/mol. The molecule has 1 saturated heterocycles. The van der Waals surface area contributed by atoms with Gasteiger partial charge in [0.25, 0.3) is 0 Å². The molecule has 0 aromatic rings. The minimum absolute atomic E-state index is 0.655. The van der Waals surface area contributed by atoms with Crippen LogP contribution in [0.2, 0.25) is 0 Å². The highest BCUT2D eigenvalue weighted by atomic mass is 16.5. The number of hydrogen-bond donors (Lipinski definition) is 1. The molecule has 0 radical (unpaired) electrons. The normalized spacial score (nSPS) is 22.6. The van der Waals surface area contributed by atoms with Crippen molar-refractivity contribution in [1.29, 1.82) is 0 Å². The van der Waals surface area contributed by atoms with E-state index in [-0.39, 0.29) is 0 Å². The van der Waals surface area contributed by atoms with Crippen LogP contribution >= 0.6 is 0 Å². The van der Waals surface area contributed by atoms with E-state index in [9.17, 15) is 0 Å². The topological polar surface area (TPSA) is 38.5 Å². The van der Waals surface area contributed by atoms with Gasteiger partial charge < -0.3 is 15.4 Å². The molecule has 1 rings (SSSR count). The molecule has 0 aromatic heterocycles. The zero-order chi connectivity index (χ0) is 12.7. The van der Waals surface area contributed by atoms with Crippen LogP contribution in [0.15, 0.2) is 0 Å². The van der Waals surface area contributed by atoms with Gasteiger partial charge in [0.2, 0.25) is 0 Å². The average Bonchev–Trinajstić information content (AvgIpc) is 2.81. The number of hydrogen-bond acceptors (Lipinski definition) is 3. The third-order valence-electron chi connectivity index (χ3n) is 4.09. The Morgan fingerprint density at radius 3 is 2.65 bits per heavy atom. The molecule has 1 aliphatic rings. The Kier molecular flexibility index (Phi) is 7.09. The lowest BCUT2D eigenvalue weighted by atomic mass is 9.88. The summed E-state index contributed by atoms with van der Waals surface area (Å²) >= 11 is 0. The van der Waals surface area contributed by atoms with E-state index in [1.807, 2.05) is 0 Å². The van der Waals surface area contributed by atoms with Crippen LogP contribution < -0.4 is 5.73 Å². The van der Waals surface area contributed by atoms with Gasteiger partial charge >= 0.3 is 0 Å². The van der Waals surface area contributed by atoms with E-state index >= 15 is 0 Å². The van der Waals surface area contributed by atoms with E-state index in [2.05, 4.69) is 25.8 Å². The Hall–Kier alpha value is -0.120. The lowest BCUT2D eigenvalue weighted by Crippen LogP contribution is -2.33. The second kappa shape index (κ2) is 8.06. The number of likely N-dealkylation sites (N-methyl/N-ethyl adjacent to an activating group) is 1. The molecule has 17 heavy (non-hydrogen) atoms. The Morgan fingerprint density at radius 1 is 1.35 bits per heavy atom. The van der Waals surface area contributed by atoms with Crippen molar-refractivity contribution in [1.82, 2.24) is 4.90 Å². The fraction of sp³-hybridized carbons (Fsp3) is 1.00. The first-order chi connectivity index (χ1) is 8.15. The van der Waals surface area contributed by atoms with Crippen LogP contribution in [0.4, 0.5) is 0 Å². The van der Waals surface area contributed by atoms with Gasteiger partial charge in [-0.1, -0.05) is 13.8 Å². The third kappa shape index (κ3) is 5.36. The first-order valence-electron chi connectivity index (χ1n) is 7.13. The zero-order valence-electron chi connectivity index (χ0n) is 11.8. The minimum atomic E-state index is 0.655. The van der Waals surface area contributed by atoms with E-state index in [4.69, 9.17) is 10.5 Å². The Morgan fingerprint density at radius 2 is 2.12 bits per heavy atom. The lowest BCUT2D eigenvalue weighted by Gasteiger charge is -2.25.